The highest BCUT2D eigenvalue weighted by molar-refractivity contribution is 7.86. The maximum absolute atomic E-state index is 12.1. The summed E-state index contributed by atoms with van der Waals surface area (Å²) in [6.07, 6.45) is 9.02. The van der Waals surface area contributed by atoms with Crippen molar-refractivity contribution in [2.75, 3.05) is 52.9 Å². The summed E-state index contributed by atoms with van der Waals surface area (Å²) in [4.78, 5) is 0.142. The lowest BCUT2D eigenvalue weighted by Crippen LogP contribution is -2.15. The lowest BCUT2D eigenvalue weighted by atomic mass is 10.0. The van der Waals surface area contributed by atoms with Crippen LogP contribution in [-0.4, -0.2) is 61.3 Å². The molecule has 0 N–H and O–H groups in total. The molecule has 0 heterocycles. The summed E-state index contributed by atoms with van der Waals surface area (Å²) in [5.74, 6) is 0.860. The minimum absolute atomic E-state index is 0.0405. The molecule has 0 saturated carbocycles. The second kappa shape index (κ2) is 19.2. The number of ether oxygens (including phenoxy) is 4. The Balaban J connectivity index is 1.38. The van der Waals surface area contributed by atoms with E-state index in [0.717, 1.165) is 17.7 Å². The minimum Gasteiger partial charge on any atom is -0.491 e. The first-order valence-corrected chi connectivity index (χ1v) is 14.8. The first-order chi connectivity index (χ1) is 18.0. The van der Waals surface area contributed by atoms with Gasteiger partial charge < -0.3 is 18.9 Å². The molecule has 0 bridgehead atoms. The van der Waals surface area contributed by atoms with Gasteiger partial charge in [-0.15, -0.1) is 0 Å². The summed E-state index contributed by atoms with van der Waals surface area (Å²) in [6.45, 7) is 6.93. The van der Waals surface area contributed by atoms with Crippen molar-refractivity contribution in [2.24, 2.45) is 0 Å². The molecule has 7 nitrogen and oxygen atoms in total. The van der Waals surface area contributed by atoms with Gasteiger partial charge >= 0.3 is 0 Å². The van der Waals surface area contributed by atoms with Gasteiger partial charge in [-0.2, -0.15) is 8.42 Å². The Morgan fingerprint density at radius 2 is 1.16 bits per heavy atom. The third-order valence-corrected chi connectivity index (χ3v) is 7.09. The highest BCUT2D eigenvalue weighted by atomic mass is 32.2. The van der Waals surface area contributed by atoms with Gasteiger partial charge in [0.05, 0.1) is 51.1 Å². The second-order valence-corrected chi connectivity index (χ2v) is 10.6. The molecule has 0 spiro atoms. The van der Waals surface area contributed by atoms with Crippen LogP contribution < -0.4 is 4.74 Å². The van der Waals surface area contributed by atoms with Gasteiger partial charge in [0.25, 0.3) is 10.1 Å². The highest BCUT2D eigenvalue weighted by Crippen LogP contribution is 2.15. The van der Waals surface area contributed by atoms with Crippen molar-refractivity contribution in [3.05, 3.63) is 59.7 Å². The first kappa shape index (κ1) is 31.2. The summed E-state index contributed by atoms with van der Waals surface area (Å²) >= 11 is 0. The number of unbranched alkanes of at least 4 members (excludes halogenated alkanes) is 5. The third kappa shape index (κ3) is 14.5. The first-order valence-electron chi connectivity index (χ1n) is 13.4. The maximum Gasteiger partial charge on any atom is 0.297 e. The van der Waals surface area contributed by atoms with E-state index in [4.69, 9.17) is 23.1 Å². The number of benzene rings is 2. The van der Waals surface area contributed by atoms with Crippen LogP contribution in [0.4, 0.5) is 0 Å². The molecule has 0 amide bonds. The molecule has 2 aromatic carbocycles. The van der Waals surface area contributed by atoms with Crippen LogP contribution in [0.1, 0.15) is 56.6 Å². The molecular weight excluding hydrogens is 492 g/mol. The normalized spacial score (nSPS) is 11.6. The minimum atomic E-state index is -3.75. The lowest BCUT2D eigenvalue weighted by Gasteiger charge is -2.09. The molecular formula is C29H44O7S. The summed E-state index contributed by atoms with van der Waals surface area (Å²) in [7, 11) is -3.75. The van der Waals surface area contributed by atoms with Gasteiger partial charge in [-0.05, 0) is 49.6 Å². The van der Waals surface area contributed by atoms with E-state index in [9.17, 15) is 8.42 Å². The van der Waals surface area contributed by atoms with Crippen molar-refractivity contribution in [1.82, 2.24) is 0 Å². The van der Waals surface area contributed by atoms with E-state index < -0.39 is 10.1 Å². The van der Waals surface area contributed by atoms with Gasteiger partial charge in [0.15, 0.2) is 0 Å². The lowest BCUT2D eigenvalue weighted by molar-refractivity contribution is 0.00528. The van der Waals surface area contributed by atoms with Crippen molar-refractivity contribution in [3.63, 3.8) is 0 Å². The van der Waals surface area contributed by atoms with Crippen LogP contribution >= 0.6 is 0 Å². The summed E-state index contributed by atoms with van der Waals surface area (Å²) in [5, 5.41) is 0. The molecule has 0 aliphatic rings. The topological polar surface area (TPSA) is 80.3 Å². The van der Waals surface area contributed by atoms with E-state index in [1.165, 1.54) is 56.2 Å². The van der Waals surface area contributed by atoms with Crippen LogP contribution in [0.15, 0.2) is 53.4 Å². The molecule has 2 aromatic rings. The van der Waals surface area contributed by atoms with Crippen molar-refractivity contribution in [3.8, 4) is 5.75 Å². The van der Waals surface area contributed by atoms with E-state index in [2.05, 4.69) is 19.1 Å². The zero-order chi connectivity index (χ0) is 26.6. The largest absolute Gasteiger partial charge is 0.491 e. The summed E-state index contributed by atoms with van der Waals surface area (Å²) in [6, 6.07) is 14.9. The molecule has 208 valence electrons. The molecule has 0 atom stereocenters. The molecule has 0 radical (unpaired) electrons. The number of aryl methyl sites for hydroxylation is 2. The van der Waals surface area contributed by atoms with Crippen LogP contribution in [0.3, 0.4) is 0 Å². The average Bonchev–Trinajstić information content (AvgIpc) is 2.90. The van der Waals surface area contributed by atoms with Crippen molar-refractivity contribution in [1.29, 1.82) is 0 Å². The molecule has 0 saturated heterocycles. The fourth-order valence-corrected chi connectivity index (χ4v) is 4.49. The van der Waals surface area contributed by atoms with E-state index >= 15 is 0 Å². The Bertz CT molecular complexity index is 928. The molecule has 37 heavy (non-hydrogen) atoms. The smallest absolute Gasteiger partial charge is 0.297 e. The van der Waals surface area contributed by atoms with Crippen LogP contribution in [-0.2, 0) is 34.9 Å². The van der Waals surface area contributed by atoms with E-state index in [1.54, 1.807) is 12.1 Å². The van der Waals surface area contributed by atoms with Crippen molar-refractivity contribution in [2.45, 2.75) is 63.7 Å². The van der Waals surface area contributed by atoms with Gasteiger partial charge in [-0.3, -0.25) is 4.18 Å². The van der Waals surface area contributed by atoms with E-state index in [-0.39, 0.29) is 18.1 Å². The Labute approximate surface area is 223 Å². The predicted molar refractivity (Wildman–Crippen MR) is 146 cm³/mol. The van der Waals surface area contributed by atoms with Gasteiger partial charge in [0.1, 0.15) is 12.4 Å². The highest BCUT2D eigenvalue weighted by Gasteiger charge is 2.14. The van der Waals surface area contributed by atoms with E-state index in [1.807, 2.05) is 19.1 Å². The molecule has 0 aromatic heterocycles. The van der Waals surface area contributed by atoms with Crippen LogP contribution in [0, 0.1) is 6.92 Å². The molecule has 0 aliphatic carbocycles. The van der Waals surface area contributed by atoms with Gasteiger partial charge in [-0.1, -0.05) is 68.9 Å². The predicted octanol–water partition coefficient (Wildman–Crippen LogP) is 5.73. The monoisotopic (exact) mass is 536 g/mol. The molecule has 8 heteroatoms. The second-order valence-electron chi connectivity index (χ2n) is 8.94. The Kier molecular flexibility index (Phi) is 16.2. The van der Waals surface area contributed by atoms with Crippen LogP contribution in [0.5, 0.6) is 5.75 Å². The molecule has 0 unspecified atom stereocenters. The fraction of sp³-hybridized carbons (Fsp3) is 0.586. The van der Waals surface area contributed by atoms with Gasteiger partial charge in [0, 0.05) is 0 Å². The van der Waals surface area contributed by atoms with Gasteiger partial charge in [0.2, 0.25) is 0 Å². The summed E-state index contributed by atoms with van der Waals surface area (Å²) in [5.41, 5.74) is 2.35. The standard InChI is InChI=1S/C29H44O7S/c1-3-4-5-6-7-8-9-27-12-14-28(15-13-27)35-24-22-33-20-18-32-19-21-34-23-25-36-37(30,31)29-16-10-26(2)11-17-29/h10-17H,3-9,18-25H2,1-2H3. The summed E-state index contributed by atoms with van der Waals surface area (Å²) < 4.78 is 51.2. The van der Waals surface area contributed by atoms with Crippen LogP contribution in [0.2, 0.25) is 0 Å². The van der Waals surface area contributed by atoms with Crippen LogP contribution in [0.25, 0.3) is 0 Å². The number of hydrogen-bond acceptors (Lipinski definition) is 7. The Morgan fingerprint density at radius 1 is 0.622 bits per heavy atom. The van der Waals surface area contributed by atoms with Crippen molar-refractivity contribution < 1.29 is 31.5 Å². The average molecular weight is 537 g/mol. The van der Waals surface area contributed by atoms with Crippen molar-refractivity contribution >= 4 is 10.1 Å². The van der Waals surface area contributed by atoms with Gasteiger partial charge in [-0.25, -0.2) is 0 Å². The zero-order valence-corrected chi connectivity index (χ0v) is 23.3. The third-order valence-electron chi connectivity index (χ3n) is 5.76. The number of hydrogen-bond donors (Lipinski definition) is 0. The molecule has 0 aliphatic heterocycles. The quantitative estimate of drug-likeness (QED) is 0.140. The zero-order valence-electron chi connectivity index (χ0n) is 22.5. The fourth-order valence-electron chi connectivity index (χ4n) is 3.60. The number of rotatable bonds is 22. The molecule has 0 fully saturated rings. The molecule has 2 rings (SSSR count). The van der Waals surface area contributed by atoms with E-state index in [0.29, 0.717) is 39.6 Å². The Hall–Kier alpha value is -1.97. The maximum atomic E-state index is 12.1. The Morgan fingerprint density at radius 3 is 1.78 bits per heavy atom. The SMILES string of the molecule is CCCCCCCCc1ccc(OCCOCCOCCOCCOS(=O)(=O)c2ccc(C)cc2)cc1.